The highest BCUT2D eigenvalue weighted by molar-refractivity contribution is 5.98. The SMILES string of the molecule is COC(=O)c1cc2ccc(C)cc2nc1N. The highest BCUT2D eigenvalue weighted by Crippen LogP contribution is 2.20. The smallest absolute Gasteiger partial charge is 0.341 e. The Hall–Kier alpha value is -2.10. The van der Waals surface area contributed by atoms with Gasteiger partial charge in [0.25, 0.3) is 0 Å². The van der Waals surface area contributed by atoms with Crippen LogP contribution in [0.1, 0.15) is 15.9 Å². The number of anilines is 1. The molecule has 0 atom stereocenters. The van der Waals surface area contributed by atoms with Crippen LogP contribution >= 0.6 is 0 Å². The van der Waals surface area contributed by atoms with Crippen molar-refractivity contribution in [2.45, 2.75) is 6.92 Å². The molecule has 4 nitrogen and oxygen atoms in total. The molecule has 1 heterocycles. The van der Waals surface area contributed by atoms with E-state index in [1.165, 1.54) is 7.11 Å². The van der Waals surface area contributed by atoms with Gasteiger partial charge >= 0.3 is 5.97 Å². The number of hydrogen-bond acceptors (Lipinski definition) is 4. The third-order valence-electron chi connectivity index (χ3n) is 2.41. The standard InChI is InChI=1S/C12H12N2O2/c1-7-3-4-8-6-9(12(15)16-2)11(13)14-10(8)5-7/h3-6H,1-2H3,(H2,13,14). The molecule has 0 unspecified atom stereocenters. The Morgan fingerprint density at radius 2 is 2.12 bits per heavy atom. The summed E-state index contributed by atoms with van der Waals surface area (Å²) in [6.45, 7) is 1.98. The Balaban J connectivity index is 2.67. The van der Waals surface area contributed by atoms with Gasteiger partial charge < -0.3 is 10.5 Å². The fourth-order valence-corrected chi connectivity index (χ4v) is 1.57. The van der Waals surface area contributed by atoms with Gasteiger partial charge in [0.15, 0.2) is 0 Å². The molecule has 4 heteroatoms. The van der Waals surface area contributed by atoms with Crippen LogP contribution in [0, 0.1) is 6.92 Å². The number of hydrogen-bond donors (Lipinski definition) is 1. The van der Waals surface area contributed by atoms with Crippen LogP contribution in [0.25, 0.3) is 10.9 Å². The topological polar surface area (TPSA) is 65.2 Å². The molecular formula is C12H12N2O2. The first-order valence-electron chi connectivity index (χ1n) is 4.87. The van der Waals surface area contributed by atoms with Crippen LogP contribution in [-0.2, 0) is 4.74 Å². The summed E-state index contributed by atoms with van der Waals surface area (Å²) < 4.78 is 4.63. The second-order valence-electron chi connectivity index (χ2n) is 3.61. The van der Waals surface area contributed by atoms with Gasteiger partial charge in [-0.25, -0.2) is 9.78 Å². The molecule has 0 radical (unpaired) electrons. The number of pyridine rings is 1. The lowest BCUT2D eigenvalue weighted by molar-refractivity contribution is 0.0602. The molecule has 0 aliphatic heterocycles. The van der Waals surface area contributed by atoms with Gasteiger partial charge in [0.1, 0.15) is 11.4 Å². The van der Waals surface area contributed by atoms with Crippen molar-refractivity contribution in [2.24, 2.45) is 0 Å². The Kier molecular flexibility index (Phi) is 2.48. The van der Waals surface area contributed by atoms with Crippen LogP contribution in [0.5, 0.6) is 0 Å². The fraction of sp³-hybridized carbons (Fsp3) is 0.167. The van der Waals surface area contributed by atoms with E-state index in [9.17, 15) is 4.79 Å². The number of nitrogen functional groups attached to an aromatic ring is 1. The maximum Gasteiger partial charge on any atom is 0.341 e. The van der Waals surface area contributed by atoms with Crippen LogP contribution in [0.3, 0.4) is 0 Å². The van der Waals surface area contributed by atoms with Crippen molar-refractivity contribution in [1.82, 2.24) is 4.98 Å². The summed E-state index contributed by atoms with van der Waals surface area (Å²) in [6, 6.07) is 7.49. The van der Waals surface area contributed by atoms with E-state index >= 15 is 0 Å². The van der Waals surface area contributed by atoms with Crippen molar-refractivity contribution < 1.29 is 9.53 Å². The molecule has 0 aliphatic rings. The van der Waals surface area contributed by atoms with E-state index in [0.29, 0.717) is 5.56 Å². The molecule has 0 fully saturated rings. The highest BCUT2D eigenvalue weighted by atomic mass is 16.5. The number of fused-ring (bicyclic) bond motifs is 1. The van der Waals surface area contributed by atoms with Crippen molar-refractivity contribution in [3.05, 3.63) is 35.4 Å². The number of esters is 1. The second-order valence-corrected chi connectivity index (χ2v) is 3.61. The third kappa shape index (κ3) is 1.69. The summed E-state index contributed by atoms with van der Waals surface area (Å²) in [7, 11) is 1.32. The van der Waals surface area contributed by atoms with E-state index in [4.69, 9.17) is 5.73 Å². The largest absolute Gasteiger partial charge is 0.465 e. The van der Waals surface area contributed by atoms with Crippen molar-refractivity contribution in [3.8, 4) is 0 Å². The summed E-state index contributed by atoms with van der Waals surface area (Å²) in [5, 5.41) is 0.875. The predicted octanol–water partition coefficient (Wildman–Crippen LogP) is 1.91. The van der Waals surface area contributed by atoms with Crippen molar-refractivity contribution in [2.75, 3.05) is 12.8 Å². The van der Waals surface area contributed by atoms with Crippen molar-refractivity contribution in [1.29, 1.82) is 0 Å². The van der Waals surface area contributed by atoms with E-state index in [0.717, 1.165) is 16.5 Å². The molecule has 82 valence electrons. The van der Waals surface area contributed by atoms with Crippen LogP contribution in [0.15, 0.2) is 24.3 Å². The molecule has 2 aromatic rings. The maximum atomic E-state index is 11.4. The molecule has 16 heavy (non-hydrogen) atoms. The number of nitrogens with zero attached hydrogens (tertiary/aromatic N) is 1. The zero-order valence-electron chi connectivity index (χ0n) is 9.15. The lowest BCUT2D eigenvalue weighted by Gasteiger charge is -2.05. The van der Waals surface area contributed by atoms with Gasteiger partial charge in [-0.1, -0.05) is 12.1 Å². The number of carbonyl (C=O) groups excluding carboxylic acids is 1. The zero-order valence-corrected chi connectivity index (χ0v) is 9.15. The average Bonchev–Trinajstić information content (AvgIpc) is 2.27. The predicted molar refractivity (Wildman–Crippen MR) is 62.2 cm³/mol. The molecule has 0 saturated carbocycles. The van der Waals surface area contributed by atoms with Gasteiger partial charge in [-0.3, -0.25) is 0 Å². The highest BCUT2D eigenvalue weighted by Gasteiger charge is 2.12. The van der Waals surface area contributed by atoms with E-state index in [2.05, 4.69) is 9.72 Å². The van der Waals surface area contributed by atoms with Gasteiger partial charge in [-0.2, -0.15) is 0 Å². The van der Waals surface area contributed by atoms with E-state index < -0.39 is 5.97 Å². The molecule has 1 aromatic carbocycles. The Bertz CT molecular complexity index is 564. The number of aryl methyl sites for hydroxylation is 1. The van der Waals surface area contributed by atoms with Gasteiger partial charge in [-0.15, -0.1) is 0 Å². The van der Waals surface area contributed by atoms with Crippen LogP contribution in [-0.4, -0.2) is 18.1 Å². The van der Waals surface area contributed by atoms with E-state index in [1.807, 2.05) is 25.1 Å². The van der Waals surface area contributed by atoms with Gasteiger partial charge in [0, 0.05) is 5.39 Å². The molecular weight excluding hydrogens is 204 g/mol. The number of rotatable bonds is 1. The van der Waals surface area contributed by atoms with E-state index in [-0.39, 0.29) is 5.82 Å². The summed E-state index contributed by atoms with van der Waals surface area (Å²) >= 11 is 0. The number of aromatic nitrogens is 1. The average molecular weight is 216 g/mol. The lowest BCUT2D eigenvalue weighted by atomic mass is 10.1. The quantitative estimate of drug-likeness (QED) is 0.739. The van der Waals surface area contributed by atoms with Gasteiger partial charge in [0.2, 0.25) is 0 Å². The minimum Gasteiger partial charge on any atom is -0.465 e. The van der Waals surface area contributed by atoms with E-state index in [1.54, 1.807) is 6.07 Å². The molecule has 0 amide bonds. The number of ether oxygens (including phenoxy) is 1. The van der Waals surface area contributed by atoms with Crippen LogP contribution in [0.2, 0.25) is 0 Å². The Morgan fingerprint density at radius 3 is 2.81 bits per heavy atom. The first-order valence-corrected chi connectivity index (χ1v) is 4.87. The summed E-state index contributed by atoms with van der Waals surface area (Å²) in [4.78, 5) is 15.6. The molecule has 2 rings (SSSR count). The minimum absolute atomic E-state index is 0.199. The summed E-state index contributed by atoms with van der Waals surface area (Å²) in [5.41, 5.74) is 7.89. The molecule has 2 N–H and O–H groups in total. The summed E-state index contributed by atoms with van der Waals surface area (Å²) in [6.07, 6.45) is 0. The second kappa shape index (κ2) is 3.81. The number of benzene rings is 1. The third-order valence-corrected chi connectivity index (χ3v) is 2.41. The lowest BCUT2D eigenvalue weighted by Crippen LogP contribution is -2.07. The van der Waals surface area contributed by atoms with Crippen LogP contribution in [0.4, 0.5) is 5.82 Å². The van der Waals surface area contributed by atoms with Crippen molar-refractivity contribution >= 4 is 22.7 Å². The molecule has 0 saturated heterocycles. The number of carbonyl (C=O) groups is 1. The van der Waals surface area contributed by atoms with Crippen molar-refractivity contribution in [3.63, 3.8) is 0 Å². The molecule has 1 aromatic heterocycles. The number of methoxy groups -OCH3 is 1. The Morgan fingerprint density at radius 1 is 1.38 bits per heavy atom. The zero-order chi connectivity index (χ0) is 11.7. The Labute approximate surface area is 93.0 Å². The maximum absolute atomic E-state index is 11.4. The van der Waals surface area contributed by atoms with Gasteiger partial charge in [0.05, 0.1) is 12.6 Å². The minimum atomic E-state index is -0.465. The first kappa shape index (κ1) is 10.4. The summed E-state index contributed by atoms with van der Waals surface area (Å²) in [5.74, 6) is -0.266. The van der Waals surface area contributed by atoms with Gasteiger partial charge in [-0.05, 0) is 24.6 Å². The monoisotopic (exact) mass is 216 g/mol. The fourth-order valence-electron chi connectivity index (χ4n) is 1.57. The number of nitrogens with two attached hydrogens (primary N) is 1. The molecule has 0 bridgehead atoms. The van der Waals surface area contributed by atoms with Crippen LogP contribution < -0.4 is 5.73 Å². The normalized spacial score (nSPS) is 10.4. The molecule has 0 spiro atoms. The molecule has 0 aliphatic carbocycles. The first-order chi connectivity index (χ1) is 7.61.